The molecular formula is C10H11Br3. The fraction of sp³-hybridized carbons (Fsp3) is 0.400. The maximum atomic E-state index is 3.60. The Labute approximate surface area is 104 Å². The molecule has 13 heavy (non-hydrogen) atoms. The Balaban J connectivity index is 3.20. The van der Waals surface area contributed by atoms with Gasteiger partial charge in [-0.2, -0.15) is 0 Å². The summed E-state index contributed by atoms with van der Waals surface area (Å²) in [7, 11) is 0. The average molecular weight is 371 g/mol. The van der Waals surface area contributed by atoms with Crippen LogP contribution in [0.4, 0.5) is 0 Å². The standard InChI is InChI=1S/C10H11Br3/c1-7(11)8-5-3-4-6-9(8)10(2,12)13/h3-7H,1-2H3. The molecule has 0 saturated carbocycles. The Morgan fingerprint density at radius 3 is 2.15 bits per heavy atom. The highest BCUT2D eigenvalue weighted by Gasteiger charge is 2.22. The van der Waals surface area contributed by atoms with Crippen molar-refractivity contribution < 1.29 is 0 Å². The molecule has 0 aromatic heterocycles. The molecule has 1 aromatic carbocycles. The van der Waals surface area contributed by atoms with E-state index in [2.05, 4.69) is 85.9 Å². The Hall–Kier alpha value is 0.660. The number of hydrogen-bond donors (Lipinski definition) is 0. The first-order valence-corrected chi connectivity index (χ1v) is 6.54. The molecule has 0 nitrogen and oxygen atoms in total. The van der Waals surface area contributed by atoms with Gasteiger partial charge in [0.15, 0.2) is 0 Å². The average Bonchev–Trinajstić information content (AvgIpc) is 2.03. The Morgan fingerprint density at radius 1 is 1.23 bits per heavy atom. The number of rotatable bonds is 2. The van der Waals surface area contributed by atoms with E-state index in [1.54, 1.807) is 0 Å². The number of hydrogen-bond acceptors (Lipinski definition) is 0. The lowest BCUT2D eigenvalue weighted by Gasteiger charge is -2.20. The van der Waals surface area contributed by atoms with Gasteiger partial charge in [-0.3, -0.25) is 0 Å². The van der Waals surface area contributed by atoms with Crippen LogP contribution in [0.1, 0.15) is 29.8 Å². The minimum atomic E-state index is -0.140. The van der Waals surface area contributed by atoms with Gasteiger partial charge >= 0.3 is 0 Å². The molecule has 0 radical (unpaired) electrons. The molecule has 0 heterocycles. The minimum absolute atomic E-state index is 0.140. The van der Waals surface area contributed by atoms with Crippen LogP contribution in [-0.4, -0.2) is 0 Å². The van der Waals surface area contributed by atoms with Crippen LogP contribution in [0.2, 0.25) is 0 Å². The minimum Gasteiger partial charge on any atom is -0.0842 e. The second-order valence-electron chi connectivity index (χ2n) is 3.09. The third-order valence-corrected chi connectivity index (χ3v) is 3.21. The molecule has 0 aliphatic rings. The Morgan fingerprint density at radius 2 is 1.77 bits per heavy atom. The van der Waals surface area contributed by atoms with Crippen LogP contribution < -0.4 is 0 Å². The number of benzene rings is 1. The molecule has 1 atom stereocenters. The quantitative estimate of drug-likeness (QED) is 0.635. The topological polar surface area (TPSA) is 0 Å². The van der Waals surface area contributed by atoms with Gasteiger partial charge in [0.25, 0.3) is 0 Å². The zero-order valence-corrected chi connectivity index (χ0v) is 12.3. The van der Waals surface area contributed by atoms with Gasteiger partial charge in [-0.25, -0.2) is 0 Å². The summed E-state index contributed by atoms with van der Waals surface area (Å²) in [6, 6.07) is 8.36. The SMILES string of the molecule is CC(Br)c1ccccc1C(C)(Br)Br. The number of halogens is 3. The van der Waals surface area contributed by atoms with Gasteiger partial charge in [0, 0.05) is 4.83 Å². The summed E-state index contributed by atoms with van der Waals surface area (Å²) >= 11 is 10.8. The zero-order valence-electron chi connectivity index (χ0n) is 7.52. The fourth-order valence-corrected chi connectivity index (χ4v) is 2.37. The van der Waals surface area contributed by atoms with E-state index in [-0.39, 0.29) is 3.23 Å². The maximum Gasteiger partial charge on any atom is 0.103 e. The molecule has 0 spiro atoms. The van der Waals surface area contributed by atoms with E-state index >= 15 is 0 Å². The summed E-state index contributed by atoms with van der Waals surface area (Å²) in [6.07, 6.45) is 0. The highest BCUT2D eigenvalue weighted by atomic mass is 79.9. The maximum absolute atomic E-state index is 3.60. The van der Waals surface area contributed by atoms with Crippen molar-refractivity contribution in [2.24, 2.45) is 0 Å². The van der Waals surface area contributed by atoms with Crippen LogP contribution in [0.3, 0.4) is 0 Å². The van der Waals surface area contributed by atoms with Crippen molar-refractivity contribution in [1.82, 2.24) is 0 Å². The Kier molecular flexibility index (Phi) is 4.02. The van der Waals surface area contributed by atoms with Crippen molar-refractivity contribution in [3.05, 3.63) is 35.4 Å². The molecule has 0 aliphatic heterocycles. The molecule has 0 N–H and O–H groups in total. The van der Waals surface area contributed by atoms with E-state index in [9.17, 15) is 0 Å². The van der Waals surface area contributed by atoms with Gasteiger partial charge in [-0.05, 0) is 25.0 Å². The summed E-state index contributed by atoms with van der Waals surface area (Å²) in [6.45, 7) is 4.21. The van der Waals surface area contributed by atoms with Crippen LogP contribution in [0.15, 0.2) is 24.3 Å². The van der Waals surface area contributed by atoms with E-state index in [0.29, 0.717) is 4.83 Å². The molecule has 1 aromatic rings. The second kappa shape index (κ2) is 4.45. The molecule has 0 aliphatic carbocycles. The van der Waals surface area contributed by atoms with E-state index in [1.807, 2.05) is 0 Å². The molecule has 72 valence electrons. The highest BCUT2D eigenvalue weighted by Crippen LogP contribution is 2.42. The van der Waals surface area contributed by atoms with E-state index in [0.717, 1.165) is 0 Å². The Bertz CT molecular complexity index is 286. The van der Waals surface area contributed by atoms with Gasteiger partial charge in [0.2, 0.25) is 0 Å². The van der Waals surface area contributed by atoms with Gasteiger partial charge in [0.05, 0.1) is 0 Å². The van der Waals surface area contributed by atoms with Gasteiger partial charge in [-0.1, -0.05) is 72.1 Å². The third kappa shape index (κ3) is 3.07. The third-order valence-electron chi connectivity index (χ3n) is 1.86. The predicted molar refractivity (Wildman–Crippen MR) is 69.0 cm³/mol. The van der Waals surface area contributed by atoms with Crippen LogP contribution in [0, 0.1) is 0 Å². The van der Waals surface area contributed by atoms with Crippen molar-refractivity contribution in [3.63, 3.8) is 0 Å². The molecule has 0 bridgehead atoms. The lowest BCUT2D eigenvalue weighted by molar-refractivity contribution is 0.987. The van der Waals surface area contributed by atoms with Crippen molar-refractivity contribution in [2.45, 2.75) is 21.9 Å². The summed E-state index contributed by atoms with van der Waals surface area (Å²) in [5, 5.41) is 0. The smallest absolute Gasteiger partial charge is 0.0842 e. The zero-order chi connectivity index (χ0) is 10.1. The molecule has 0 saturated heterocycles. The van der Waals surface area contributed by atoms with E-state index in [4.69, 9.17) is 0 Å². The molecule has 0 fully saturated rings. The summed E-state index contributed by atoms with van der Waals surface area (Å²) in [4.78, 5) is 0.373. The largest absolute Gasteiger partial charge is 0.103 e. The van der Waals surface area contributed by atoms with Crippen LogP contribution in [0.25, 0.3) is 0 Å². The van der Waals surface area contributed by atoms with Gasteiger partial charge < -0.3 is 0 Å². The van der Waals surface area contributed by atoms with Crippen LogP contribution >= 0.6 is 47.8 Å². The van der Waals surface area contributed by atoms with E-state index < -0.39 is 0 Å². The summed E-state index contributed by atoms with van der Waals surface area (Å²) < 4.78 is -0.140. The fourth-order valence-electron chi connectivity index (χ4n) is 1.24. The van der Waals surface area contributed by atoms with E-state index in [1.165, 1.54) is 11.1 Å². The first kappa shape index (κ1) is 11.7. The van der Waals surface area contributed by atoms with Crippen molar-refractivity contribution in [1.29, 1.82) is 0 Å². The first-order chi connectivity index (χ1) is 5.93. The van der Waals surface area contributed by atoms with Crippen molar-refractivity contribution in [3.8, 4) is 0 Å². The number of alkyl halides is 3. The summed E-state index contributed by atoms with van der Waals surface area (Å²) in [5.74, 6) is 0. The van der Waals surface area contributed by atoms with Gasteiger partial charge in [-0.15, -0.1) is 0 Å². The van der Waals surface area contributed by atoms with Crippen molar-refractivity contribution >= 4 is 47.8 Å². The molecule has 3 heteroatoms. The summed E-state index contributed by atoms with van der Waals surface area (Å²) in [5.41, 5.74) is 2.57. The van der Waals surface area contributed by atoms with Crippen LogP contribution in [0.5, 0.6) is 0 Å². The highest BCUT2D eigenvalue weighted by molar-refractivity contribution is 9.24. The molecule has 0 amide bonds. The molecule has 1 unspecified atom stereocenters. The molecular weight excluding hydrogens is 360 g/mol. The predicted octanol–water partition coefficient (Wildman–Crippen LogP) is 5.11. The van der Waals surface area contributed by atoms with Crippen LogP contribution in [-0.2, 0) is 3.23 Å². The first-order valence-electron chi connectivity index (χ1n) is 4.04. The lowest BCUT2D eigenvalue weighted by Crippen LogP contribution is -2.06. The second-order valence-corrected chi connectivity index (χ2v) is 8.70. The normalized spacial score (nSPS) is 14.2. The molecule has 1 rings (SSSR count). The van der Waals surface area contributed by atoms with Gasteiger partial charge in [0.1, 0.15) is 3.23 Å². The monoisotopic (exact) mass is 368 g/mol. The van der Waals surface area contributed by atoms with Crippen molar-refractivity contribution in [2.75, 3.05) is 0 Å². The lowest BCUT2D eigenvalue weighted by atomic mass is 10.0.